The van der Waals surface area contributed by atoms with Crippen molar-refractivity contribution in [1.29, 1.82) is 0 Å². The molecule has 1 fully saturated rings. The summed E-state index contributed by atoms with van der Waals surface area (Å²) in [5.74, 6) is -1.09. The van der Waals surface area contributed by atoms with Crippen LogP contribution in [0.5, 0.6) is 5.75 Å². The zero-order valence-electron chi connectivity index (χ0n) is 10.8. The third-order valence-electron chi connectivity index (χ3n) is 2.64. The first kappa shape index (κ1) is 15.8. The van der Waals surface area contributed by atoms with Crippen molar-refractivity contribution in [3.8, 4) is 5.75 Å². The van der Waals surface area contributed by atoms with Gasteiger partial charge in [0.1, 0.15) is 12.3 Å². The maximum Gasteiger partial charge on any atom is 0.323 e. The first-order valence-electron chi connectivity index (χ1n) is 5.73. The summed E-state index contributed by atoms with van der Waals surface area (Å²) in [6.07, 6.45) is 1.56. The number of rotatable bonds is 4. The van der Waals surface area contributed by atoms with E-state index in [1.807, 2.05) is 6.07 Å². The van der Waals surface area contributed by atoms with E-state index in [4.69, 9.17) is 9.84 Å². The molecule has 8 heteroatoms. The van der Waals surface area contributed by atoms with E-state index in [1.54, 1.807) is 25.3 Å². The van der Waals surface area contributed by atoms with E-state index in [1.165, 1.54) is 0 Å². The summed E-state index contributed by atoms with van der Waals surface area (Å²) < 4.78 is 6.01. The Morgan fingerprint density at radius 1 is 1.48 bits per heavy atom. The van der Waals surface area contributed by atoms with Crippen molar-refractivity contribution in [2.24, 2.45) is 0 Å². The highest BCUT2D eigenvalue weighted by Gasteiger charge is 2.36. The van der Waals surface area contributed by atoms with Crippen LogP contribution in [0.1, 0.15) is 5.56 Å². The van der Waals surface area contributed by atoms with Gasteiger partial charge in [-0.1, -0.05) is 6.07 Å². The number of aliphatic carboxylic acids is 1. The van der Waals surface area contributed by atoms with Gasteiger partial charge in [0.15, 0.2) is 0 Å². The molecule has 110 valence electrons. The summed E-state index contributed by atoms with van der Waals surface area (Å²) in [6, 6.07) is 5.33. The Morgan fingerprint density at radius 3 is 2.76 bits per heavy atom. The second-order valence-electron chi connectivity index (χ2n) is 4.06. The number of halogens is 1. The fourth-order valence-corrected chi connectivity index (χ4v) is 3.29. The fourth-order valence-electron chi connectivity index (χ4n) is 1.70. The number of carboxylic acids is 1. The molecule has 1 aliphatic rings. The second kappa shape index (κ2) is 6.48. The molecule has 1 aliphatic heterocycles. The highest BCUT2D eigenvalue weighted by atomic mass is 127. The quantitative estimate of drug-likeness (QED) is 0.596. The largest absolute Gasteiger partial charge is 0.496 e. The van der Waals surface area contributed by atoms with E-state index in [9.17, 15) is 14.4 Å². The van der Waals surface area contributed by atoms with Crippen LogP contribution in [-0.2, 0) is 9.59 Å². The van der Waals surface area contributed by atoms with E-state index in [-0.39, 0.29) is 4.91 Å². The number of benzene rings is 1. The number of nitrogens with zero attached hydrogens (tertiary/aromatic N) is 1. The van der Waals surface area contributed by atoms with Gasteiger partial charge >= 0.3 is 5.97 Å². The Balaban J connectivity index is 2.26. The zero-order chi connectivity index (χ0) is 15.6. The lowest BCUT2D eigenvalue weighted by Crippen LogP contribution is -2.33. The minimum atomic E-state index is -1.22. The van der Waals surface area contributed by atoms with Crippen molar-refractivity contribution in [2.75, 3.05) is 13.7 Å². The minimum absolute atomic E-state index is 0.210. The Hall–Kier alpha value is -1.55. The molecule has 0 saturated carbocycles. The lowest BCUT2D eigenvalue weighted by molar-refractivity contribution is -0.140. The summed E-state index contributed by atoms with van der Waals surface area (Å²) in [6.45, 7) is -0.623. The van der Waals surface area contributed by atoms with Gasteiger partial charge in [0, 0.05) is 0 Å². The molecule has 1 saturated heterocycles. The van der Waals surface area contributed by atoms with Crippen molar-refractivity contribution < 1.29 is 24.2 Å². The number of ether oxygens (including phenoxy) is 1. The zero-order valence-corrected chi connectivity index (χ0v) is 13.8. The Bertz CT molecular complexity index is 658. The number of amides is 2. The predicted molar refractivity (Wildman–Crippen MR) is 86.0 cm³/mol. The van der Waals surface area contributed by atoms with E-state index >= 15 is 0 Å². The topological polar surface area (TPSA) is 83.9 Å². The van der Waals surface area contributed by atoms with Crippen LogP contribution in [0, 0.1) is 3.57 Å². The van der Waals surface area contributed by atoms with Crippen LogP contribution in [0.15, 0.2) is 23.1 Å². The average Bonchev–Trinajstić information content (AvgIpc) is 2.66. The van der Waals surface area contributed by atoms with Gasteiger partial charge in [0.25, 0.3) is 11.1 Å². The SMILES string of the molecule is COc1ccc(C=C2SC(=O)N(CC(=O)O)C2=O)cc1I. The monoisotopic (exact) mass is 419 g/mol. The number of carbonyl (C=O) groups excluding carboxylic acids is 2. The van der Waals surface area contributed by atoms with Crippen molar-refractivity contribution in [1.82, 2.24) is 4.90 Å². The number of methoxy groups -OCH3 is 1. The lowest BCUT2D eigenvalue weighted by Gasteiger charge is -2.07. The molecule has 0 radical (unpaired) electrons. The molecule has 0 aliphatic carbocycles. The normalized spacial score (nSPS) is 16.7. The molecule has 0 aromatic heterocycles. The van der Waals surface area contributed by atoms with Gasteiger partial charge in [-0.05, 0) is 58.1 Å². The molecule has 21 heavy (non-hydrogen) atoms. The Labute approximate surface area is 138 Å². The van der Waals surface area contributed by atoms with Crippen molar-refractivity contribution in [2.45, 2.75) is 0 Å². The average molecular weight is 419 g/mol. The molecule has 0 unspecified atom stereocenters. The third-order valence-corrected chi connectivity index (χ3v) is 4.39. The molecule has 1 N–H and O–H groups in total. The van der Waals surface area contributed by atoms with Gasteiger partial charge in [-0.15, -0.1) is 0 Å². The molecular weight excluding hydrogens is 409 g/mol. The summed E-state index contributed by atoms with van der Waals surface area (Å²) in [5, 5.41) is 8.12. The van der Waals surface area contributed by atoms with Gasteiger partial charge in [-0.3, -0.25) is 19.3 Å². The first-order chi connectivity index (χ1) is 9.92. The molecule has 0 bridgehead atoms. The molecule has 6 nitrogen and oxygen atoms in total. The lowest BCUT2D eigenvalue weighted by atomic mass is 10.2. The molecule has 2 amide bonds. The maximum absolute atomic E-state index is 12.0. The van der Waals surface area contributed by atoms with Crippen LogP contribution in [0.3, 0.4) is 0 Å². The summed E-state index contributed by atoms with van der Waals surface area (Å²) in [5.41, 5.74) is 0.737. The second-order valence-corrected chi connectivity index (χ2v) is 6.21. The van der Waals surface area contributed by atoms with E-state index < -0.39 is 23.7 Å². The van der Waals surface area contributed by atoms with Crippen LogP contribution in [0.2, 0.25) is 0 Å². The Morgan fingerprint density at radius 2 is 2.19 bits per heavy atom. The van der Waals surface area contributed by atoms with Crippen LogP contribution >= 0.6 is 34.4 Å². The van der Waals surface area contributed by atoms with Crippen molar-refractivity contribution in [3.63, 3.8) is 0 Å². The fraction of sp³-hybridized carbons (Fsp3) is 0.154. The number of hydrogen-bond donors (Lipinski definition) is 1. The van der Waals surface area contributed by atoms with Crippen LogP contribution in [0.4, 0.5) is 4.79 Å². The van der Waals surface area contributed by atoms with Gasteiger partial charge in [-0.25, -0.2) is 0 Å². The van der Waals surface area contributed by atoms with Gasteiger partial charge < -0.3 is 9.84 Å². The Kier molecular flexibility index (Phi) is 4.88. The van der Waals surface area contributed by atoms with Crippen molar-refractivity contribution >= 4 is 57.5 Å². The first-order valence-corrected chi connectivity index (χ1v) is 7.62. The number of carbonyl (C=O) groups is 3. The van der Waals surface area contributed by atoms with E-state index in [0.29, 0.717) is 10.6 Å². The summed E-state index contributed by atoms with van der Waals surface area (Å²) in [7, 11) is 1.56. The predicted octanol–water partition coefficient (Wildman–Crippen LogP) is 2.42. The van der Waals surface area contributed by atoms with Gasteiger partial charge in [0.2, 0.25) is 0 Å². The molecule has 1 heterocycles. The van der Waals surface area contributed by atoms with Crippen LogP contribution in [-0.4, -0.2) is 40.8 Å². The number of hydrogen-bond acceptors (Lipinski definition) is 5. The molecule has 1 aromatic carbocycles. The highest BCUT2D eigenvalue weighted by Crippen LogP contribution is 2.32. The molecule has 2 rings (SSSR count). The van der Waals surface area contributed by atoms with E-state index in [2.05, 4.69) is 22.6 Å². The number of imide groups is 1. The number of thioether (sulfide) groups is 1. The standard InChI is InChI=1S/C13H10INO5S/c1-20-9-3-2-7(4-8(9)14)5-10-12(18)15(6-11(16)17)13(19)21-10/h2-5H,6H2,1H3,(H,16,17). The van der Waals surface area contributed by atoms with Gasteiger partial charge in [-0.2, -0.15) is 0 Å². The maximum atomic E-state index is 12.0. The summed E-state index contributed by atoms with van der Waals surface area (Å²) >= 11 is 2.84. The highest BCUT2D eigenvalue weighted by molar-refractivity contribution is 14.1. The van der Waals surface area contributed by atoms with Crippen LogP contribution < -0.4 is 4.74 Å². The molecule has 1 aromatic rings. The smallest absolute Gasteiger partial charge is 0.323 e. The van der Waals surface area contributed by atoms with Gasteiger partial charge in [0.05, 0.1) is 15.6 Å². The molecular formula is C13H10INO5S. The molecule has 0 spiro atoms. The third kappa shape index (κ3) is 3.56. The summed E-state index contributed by atoms with van der Waals surface area (Å²) in [4.78, 5) is 35.2. The number of carboxylic acid groups (broad SMARTS) is 1. The van der Waals surface area contributed by atoms with Crippen molar-refractivity contribution in [3.05, 3.63) is 32.2 Å². The van der Waals surface area contributed by atoms with Crippen LogP contribution in [0.25, 0.3) is 6.08 Å². The molecule has 0 atom stereocenters. The van der Waals surface area contributed by atoms with E-state index in [0.717, 1.165) is 20.9 Å². The minimum Gasteiger partial charge on any atom is -0.496 e.